The Morgan fingerprint density at radius 1 is 0.806 bits per heavy atom. The van der Waals surface area contributed by atoms with Crippen LogP contribution in [0.1, 0.15) is 87.1 Å². The summed E-state index contributed by atoms with van der Waals surface area (Å²) in [6, 6.07) is 13.8. The van der Waals surface area contributed by atoms with Gasteiger partial charge in [0.1, 0.15) is 0 Å². The molecule has 0 N–H and O–H groups in total. The summed E-state index contributed by atoms with van der Waals surface area (Å²) in [6.45, 7) is 13.7. The number of aromatic nitrogens is 2. The van der Waals surface area contributed by atoms with Crippen molar-refractivity contribution < 1.29 is 0 Å². The first-order valence-electron chi connectivity index (χ1n) is 11.7. The molecular weight excluding hydrogens is 376 g/mol. The number of fused-ring (bicyclic) bond motifs is 2. The first kappa shape index (κ1) is 21.5. The zero-order chi connectivity index (χ0) is 22.1. The van der Waals surface area contributed by atoms with Gasteiger partial charge in [0.05, 0.1) is 5.52 Å². The van der Waals surface area contributed by atoms with E-state index in [1.807, 2.05) is 18.6 Å². The van der Waals surface area contributed by atoms with Crippen molar-refractivity contribution in [3.63, 3.8) is 0 Å². The minimum atomic E-state index is 0.440. The number of aryl methyl sites for hydroxylation is 1. The van der Waals surface area contributed by atoms with Crippen molar-refractivity contribution in [2.45, 2.75) is 72.1 Å². The quantitative estimate of drug-likeness (QED) is 0.322. The molecule has 0 bridgehead atoms. The van der Waals surface area contributed by atoms with E-state index in [1.165, 1.54) is 44.0 Å². The molecule has 160 valence electrons. The Morgan fingerprint density at radius 2 is 1.61 bits per heavy atom. The Labute approximate surface area is 186 Å². The summed E-state index contributed by atoms with van der Waals surface area (Å²) in [5, 5.41) is 3.90. The van der Waals surface area contributed by atoms with Gasteiger partial charge in [-0.2, -0.15) is 0 Å². The number of pyridine rings is 2. The maximum absolute atomic E-state index is 4.73. The molecule has 31 heavy (non-hydrogen) atoms. The first-order valence-corrected chi connectivity index (χ1v) is 11.7. The van der Waals surface area contributed by atoms with E-state index in [-0.39, 0.29) is 0 Å². The molecule has 2 aromatic carbocycles. The molecule has 0 saturated carbocycles. The van der Waals surface area contributed by atoms with Gasteiger partial charge in [-0.1, -0.05) is 65.8 Å². The zero-order valence-corrected chi connectivity index (χ0v) is 19.7. The summed E-state index contributed by atoms with van der Waals surface area (Å²) < 4.78 is 0. The summed E-state index contributed by atoms with van der Waals surface area (Å²) >= 11 is 0. The second kappa shape index (κ2) is 8.78. The number of hydrogen-bond donors (Lipinski definition) is 0. The molecule has 0 amide bonds. The molecule has 0 saturated heterocycles. The maximum Gasteiger partial charge on any atom is 0.0705 e. The summed E-state index contributed by atoms with van der Waals surface area (Å²) in [5.41, 5.74) is 8.05. The first-order chi connectivity index (χ1) is 14.9. The van der Waals surface area contributed by atoms with Crippen LogP contribution in [0, 0.1) is 0 Å². The van der Waals surface area contributed by atoms with Crippen molar-refractivity contribution in [3.05, 3.63) is 82.8 Å². The number of nitrogens with zero attached hydrogens (tertiary/aromatic N) is 2. The van der Waals surface area contributed by atoms with Crippen LogP contribution in [0.4, 0.5) is 0 Å². The van der Waals surface area contributed by atoms with Crippen molar-refractivity contribution in [1.29, 1.82) is 0 Å². The van der Waals surface area contributed by atoms with Gasteiger partial charge in [-0.15, -0.1) is 0 Å². The maximum atomic E-state index is 4.73. The molecule has 1 unspecified atom stereocenters. The van der Waals surface area contributed by atoms with Gasteiger partial charge in [0.15, 0.2) is 0 Å². The summed E-state index contributed by atoms with van der Waals surface area (Å²) in [6.07, 6.45) is 8.08. The average Bonchev–Trinajstić information content (AvgIpc) is 2.77. The molecule has 2 aromatic heterocycles. The van der Waals surface area contributed by atoms with Crippen LogP contribution in [0.15, 0.2) is 55.0 Å². The molecule has 0 fully saturated rings. The van der Waals surface area contributed by atoms with Crippen LogP contribution in [0.5, 0.6) is 0 Å². The van der Waals surface area contributed by atoms with Gasteiger partial charge in [-0.05, 0) is 75.9 Å². The molecule has 2 heterocycles. The molecule has 0 spiro atoms. The van der Waals surface area contributed by atoms with E-state index in [4.69, 9.17) is 4.98 Å². The smallest absolute Gasteiger partial charge is 0.0705 e. The molecule has 0 aliphatic carbocycles. The fourth-order valence-corrected chi connectivity index (χ4v) is 4.78. The van der Waals surface area contributed by atoms with E-state index >= 15 is 0 Å². The third-order valence-corrected chi connectivity index (χ3v) is 6.57. The summed E-state index contributed by atoms with van der Waals surface area (Å²) in [4.78, 5) is 9.17. The zero-order valence-electron chi connectivity index (χ0n) is 19.7. The van der Waals surface area contributed by atoms with Crippen molar-refractivity contribution in [3.8, 4) is 0 Å². The highest BCUT2D eigenvalue weighted by Crippen LogP contribution is 2.34. The van der Waals surface area contributed by atoms with Crippen molar-refractivity contribution in [2.75, 3.05) is 0 Å². The van der Waals surface area contributed by atoms with Crippen LogP contribution < -0.4 is 0 Å². The monoisotopic (exact) mass is 410 g/mol. The lowest BCUT2D eigenvalue weighted by molar-refractivity contribution is 0.740. The predicted octanol–water partition coefficient (Wildman–Crippen LogP) is 7.94. The van der Waals surface area contributed by atoms with Gasteiger partial charge in [-0.3, -0.25) is 9.97 Å². The molecule has 4 rings (SSSR count). The lowest BCUT2D eigenvalue weighted by Gasteiger charge is -2.20. The minimum absolute atomic E-state index is 0.440. The second-order valence-electron chi connectivity index (χ2n) is 9.53. The Bertz CT molecular complexity index is 1220. The molecular formula is C29H34N2. The van der Waals surface area contributed by atoms with Gasteiger partial charge < -0.3 is 0 Å². The third-order valence-electron chi connectivity index (χ3n) is 6.57. The number of rotatable bonds is 6. The summed E-state index contributed by atoms with van der Waals surface area (Å²) in [7, 11) is 0. The highest BCUT2D eigenvalue weighted by atomic mass is 14.7. The van der Waals surface area contributed by atoms with Crippen LogP contribution in [-0.2, 0) is 12.8 Å². The Morgan fingerprint density at radius 3 is 2.32 bits per heavy atom. The molecule has 2 heteroatoms. The highest BCUT2D eigenvalue weighted by Gasteiger charge is 2.17. The van der Waals surface area contributed by atoms with Crippen molar-refractivity contribution >= 4 is 21.7 Å². The fourth-order valence-electron chi connectivity index (χ4n) is 4.78. The predicted molar refractivity (Wildman–Crippen MR) is 133 cm³/mol. The van der Waals surface area contributed by atoms with Gasteiger partial charge in [0.25, 0.3) is 0 Å². The Kier molecular flexibility index (Phi) is 6.09. The molecule has 2 nitrogen and oxygen atoms in total. The minimum Gasteiger partial charge on any atom is -0.264 e. The normalized spacial score (nSPS) is 12.9. The van der Waals surface area contributed by atoms with Crippen LogP contribution in [0.25, 0.3) is 21.7 Å². The summed E-state index contributed by atoms with van der Waals surface area (Å²) in [5.74, 6) is 1.37. The molecule has 0 radical (unpaired) electrons. The van der Waals surface area contributed by atoms with E-state index in [1.54, 1.807) is 0 Å². The lowest BCUT2D eigenvalue weighted by Crippen LogP contribution is -2.05. The van der Waals surface area contributed by atoms with E-state index in [2.05, 4.69) is 82.9 Å². The van der Waals surface area contributed by atoms with E-state index in [0.717, 1.165) is 18.4 Å². The van der Waals surface area contributed by atoms with Gasteiger partial charge in [0.2, 0.25) is 0 Å². The van der Waals surface area contributed by atoms with Gasteiger partial charge >= 0.3 is 0 Å². The van der Waals surface area contributed by atoms with E-state index in [9.17, 15) is 0 Å². The van der Waals surface area contributed by atoms with Crippen LogP contribution in [0.3, 0.4) is 0 Å². The molecule has 1 atom stereocenters. The van der Waals surface area contributed by atoms with Crippen molar-refractivity contribution in [2.24, 2.45) is 0 Å². The van der Waals surface area contributed by atoms with E-state index in [0.29, 0.717) is 17.8 Å². The number of hydrogen-bond acceptors (Lipinski definition) is 2. The van der Waals surface area contributed by atoms with Gasteiger partial charge in [-0.25, -0.2) is 0 Å². The second-order valence-corrected chi connectivity index (χ2v) is 9.53. The SMILES string of the molecule is CCc1cnc2ccc(CC(C)c3ccc4cncc(C(C)C)c4c3)c(C(C)C)c2c1. The van der Waals surface area contributed by atoms with Crippen LogP contribution in [-0.4, -0.2) is 9.97 Å². The standard InChI is InChI=1S/C29H34N2/c1-7-21-13-26-28(31-15-21)11-10-23(29(26)19(4)5)12-20(6)22-8-9-24-16-30-17-27(18(2)3)25(24)14-22/h8-11,13-20H,7,12H2,1-6H3. The number of benzene rings is 2. The molecule has 4 aromatic rings. The van der Waals surface area contributed by atoms with Crippen LogP contribution in [0.2, 0.25) is 0 Å². The Hall–Kier alpha value is -2.74. The van der Waals surface area contributed by atoms with Crippen molar-refractivity contribution in [1.82, 2.24) is 9.97 Å². The third kappa shape index (κ3) is 4.21. The van der Waals surface area contributed by atoms with Crippen LogP contribution >= 0.6 is 0 Å². The Balaban J connectivity index is 1.75. The molecule has 0 aliphatic heterocycles. The fraction of sp³-hybridized carbons (Fsp3) is 0.379. The topological polar surface area (TPSA) is 25.8 Å². The average molecular weight is 411 g/mol. The van der Waals surface area contributed by atoms with Gasteiger partial charge in [0, 0.05) is 29.4 Å². The molecule has 0 aliphatic rings. The van der Waals surface area contributed by atoms with E-state index < -0.39 is 0 Å². The largest absolute Gasteiger partial charge is 0.264 e. The lowest BCUT2D eigenvalue weighted by atomic mass is 9.85. The highest BCUT2D eigenvalue weighted by molar-refractivity contribution is 5.86.